The van der Waals surface area contributed by atoms with E-state index >= 15 is 0 Å². The molecule has 3 aromatic rings. The number of halogens is 4. The third-order valence-corrected chi connectivity index (χ3v) is 6.48. The first kappa shape index (κ1) is 22.9. The van der Waals surface area contributed by atoms with Crippen LogP contribution in [0.5, 0.6) is 11.5 Å². The lowest BCUT2D eigenvalue weighted by Gasteiger charge is -2.18. The lowest BCUT2D eigenvalue weighted by atomic mass is 9.93. The van der Waals surface area contributed by atoms with Gasteiger partial charge in [0.1, 0.15) is 11.5 Å². The molecule has 1 heterocycles. The van der Waals surface area contributed by atoms with Crippen LogP contribution in [0.25, 0.3) is 0 Å². The number of anilines is 1. The van der Waals surface area contributed by atoms with Gasteiger partial charge in [0.25, 0.3) is 10.0 Å². The van der Waals surface area contributed by atoms with Crippen LogP contribution in [0, 0.1) is 0 Å². The monoisotopic (exact) mass is 496 g/mol. The van der Waals surface area contributed by atoms with Crippen molar-refractivity contribution in [2.75, 3.05) is 11.3 Å². The summed E-state index contributed by atoms with van der Waals surface area (Å²) < 4.78 is 68.0. The van der Waals surface area contributed by atoms with Gasteiger partial charge in [0.2, 0.25) is 0 Å². The lowest BCUT2D eigenvalue weighted by molar-refractivity contribution is -0.274. The zero-order valence-corrected chi connectivity index (χ0v) is 18.3. The fourth-order valence-electron chi connectivity index (χ4n) is 3.40. The van der Waals surface area contributed by atoms with E-state index in [1.165, 1.54) is 12.1 Å². The van der Waals surface area contributed by atoms with E-state index in [1.54, 1.807) is 18.2 Å². The summed E-state index contributed by atoms with van der Waals surface area (Å²) in [6, 6.07) is 13.6. The van der Waals surface area contributed by atoms with Crippen molar-refractivity contribution in [2.24, 2.45) is 4.99 Å². The molecule has 0 aromatic heterocycles. The molecule has 0 saturated carbocycles. The maximum Gasteiger partial charge on any atom is 0.573 e. The summed E-state index contributed by atoms with van der Waals surface area (Å²) in [4.78, 5) is 4.22. The van der Waals surface area contributed by atoms with E-state index in [9.17, 15) is 26.7 Å². The number of hydrogen-bond acceptors (Lipinski definition) is 5. The summed E-state index contributed by atoms with van der Waals surface area (Å²) in [5.74, 6) is -0.896. The van der Waals surface area contributed by atoms with E-state index < -0.39 is 22.1 Å². The predicted molar refractivity (Wildman–Crippen MR) is 118 cm³/mol. The summed E-state index contributed by atoms with van der Waals surface area (Å²) >= 11 is 6.11. The number of nitrogens with zero attached hydrogens (tertiary/aromatic N) is 1. The molecule has 0 saturated heterocycles. The average molecular weight is 497 g/mol. The van der Waals surface area contributed by atoms with Crippen LogP contribution in [0.15, 0.2) is 70.6 Å². The van der Waals surface area contributed by atoms with Gasteiger partial charge in [-0.2, -0.15) is 0 Å². The van der Waals surface area contributed by atoms with Crippen molar-refractivity contribution < 1.29 is 31.4 Å². The number of ether oxygens (including phenoxy) is 1. The van der Waals surface area contributed by atoms with Crippen LogP contribution in [0.4, 0.5) is 18.9 Å². The van der Waals surface area contributed by atoms with Gasteiger partial charge in [0.15, 0.2) is 0 Å². The first-order chi connectivity index (χ1) is 15.5. The summed E-state index contributed by atoms with van der Waals surface area (Å²) in [6.45, 7) is 0.563. The highest BCUT2D eigenvalue weighted by Gasteiger charge is 2.31. The third kappa shape index (κ3) is 5.23. The number of aromatic hydroxyl groups is 1. The van der Waals surface area contributed by atoms with Crippen molar-refractivity contribution in [3.63, 3.8) is 0 Å². The summed E-state index contributed by atoms with van der Waals surface area (Å²) in [6.07, 6.45) is -4.13. The van der Waals surface area contributed by atoms with Crippen molar-refractivity contribution in [1.82, 2.24) is 0 Å². The van der Waals surface area contributed by atoms with E-state index in [-0.39, 0.29) is 16.3 Å². The van der Waals surface area contributed by atoms with Crippen molar-refractivity contribution in [3.8, 4) is 11.5 Å². The Morgan fingerprint density at radius 3 is 2.42 bits per heavy atom. The molecule has 172 valence electrons. The molecule has 0 amide bonds. The van der Waals surface area contributed by atoms with Gasteiger partial charge in [-0.15, -0.1) is 13.2 Å². The van der Waals surface area contributed by atoms with Crippen molar-refractivity contribution in [3.05, 3.63) is 82.4 Å². The number of phenolic OH excluding ortho intramolecular Hbond substituents is 1. The smallest absolute Gasteiger partial charge is 0.506 e. The molecule has 6 nitrogen and oxygen atoms in total. The maximum atomic E-state index is 12.6. The average Bonchev–Trinajstić information content (AvgIpc) is 2.74. The van der Waals surface area contributed by atoms with Crippen LogP contribution in [0.2, 0.25) is 5.02 Å². The van der Waals surface area contributed by atoms with Crippen LogP contribution in [0.3, 0.4) is 0 Å². The van der Waals surface area contributed by atoms with Gasteiger partial charge >= 0.3 is 6.36 Å². The minimum Gasteiger partial charge on any atom is -0.506 e. The lowest BCUT2D eigenvalue weighted by Crippen LogP contribution is -2.17. The van der Waals surface area contributed by atoms with Crippen LogP contribution >= 0.6 is 11.6 Å². The van der Waals surface area contributed by atoms with E-state index in [0.29, 0.717) is 22.8 Å². The minimum absolute atomic E-state index is 0.0999. The standard InChI is InChI=1S/C22H16ClF3N2O4S/c23-15-3-1-13-9-10-27-21(18(13)12-15)14-2-8-19(20(29)11-14)28-33(30,31)17-6-4-16(5-7-17)32-22(24,25)26/h1-8,11-12,28-29H,9-10H2. The number of fused-ring (bicyclic) bond motifs is 1. The Labute approximate surface area is 192 Å². The van der Waals surface area contributed by atoms with E-state index in [1.807, 2.05) is 6.07 Å². The number of hydrogen-bond donors (Lipinski definition) is 2. The maximum absolute atomic E-state index is 12.6. The van der Waals surface area contributed by atoms with Gasteiger partial charge in [0.05, 0.1) is 16.3 Å². The molecule has 0 spiro atoms. The highest BCUT2D eigenvalue weighted by atomic mass is 35.5. The van der Waals surface area contributed by atoms with Gasteiger partial charge in [-0.1, -0.05) is 23.7 Å². The Hall–Kier alpha value is -3.24. The van der Waals surface area contributed by atoms with Crippen LogP contribution in [0.1, 0.15) is 16.7 Å². The molecule has 0 unspecified atom stereocenters. The fourth-order valence-corrected chi connectivity index (χ4v) is 4.64. The number of alkyl halides is 3. The number of phenols is 1. The highest BCUT2D eigenvalue weighted by Crippen LogP contribution is 2.31. The van der Waals surface area contributed by atoms with E-state index in [4.69, 9.17) is 11.6 Å². The second kappa shape index (κ2) is 8.60. The molecular formula is C22H16ClF3N2O4S. The molecule has 1 aliphatic rings. The second-order valence-electron chi connectivity index (χ2n) is 7.14. The number of nitrogens with one attached hydrogen (secondary N) is 1. The first-order valence-electron chi connectivity index (χ1n) is 9.57. The molecule has 0 aliphatic carbocycles. The van der Waals surface area contributed by atoms with Gasteiger partial charge in [-0.25, -0.2) is 8.42 Å². The third-order valence-electron chi connectivity index (χ3n) is 4.86. The fraction of sp³-hybridized carbons (Fsp3) is 0.136. The Morgan fingerprint density at radius 2 is 1.76 bits per heavy atom. The Morgan fingerprint density at radius 1 is 1.03 bits per heavy atom. The van der Waals surface area contributed by atoms with Crippen LogP contribution < -0.4 is 9.46 Å². The Bertz CT molecular complexity index is 1340. The van der Waals surface area contributed by atoms with Gasteiger partial charge in [-0.05, 0) is 60.5 Å². The number of rotatable bonds is 5. The number of sulfonamides is 1. The van der Waals surface area contributed by atoms with Gasteiger partial charge in [0, 0.05) is 22.7 Å². The van der Waals surface area contributed by atoms with Crippen LogP contribution in [-0.2, 0) is 16.4 Å². The highest BCUT2D eigenvalue weighted by molar-refractivity contribution is 7.92. The Balaban J connectivity index is 1.57. The largest absolute Gasteiger partial charge is 0.573 e. The number of benzene rings is 3. The molecule has 0 bridgehead atoms. The quantitative estimate of drug-likeness (QED) is 0.479. The van der Waals surface area contributed by atoms with E-state index in [0.717, 1.165) is 41.8 Å². The van der Waals surface area contributed by atoms with Crippen molar-refractivity contribution in [1.29, 1.82) is 0 Å². The summed E-state index contributed by atoms with van der Waals surface area (Å²) in [5.41, 5.74) is 3.00. The molecule has 2 N–H and O–H groups in total. The SMILES string of the molecule is O=S(=O)(Nc1ccc(C2=NCCc3ccc(Cl)cc32)cc1O)c1ccc(OC(F)(F)F)cc1. The minimum atomic E-state index is -4.89. The molecule has 11 heteroatoms. The molecule has 0 atom stereocenters. The van der Waals surface area contributed by atoms with Crippen LogP contribution in [-0.4, -0.2) is 32.1 Å². The zero-order valence-electron chi connectivity index (χ0n) is 16.7. The molecule has 4 rings (SSSR count). The van der Waals surface area contributed by atoms with E-state index in [2.05, 4.69) is 14.5 Å². The summed E-state index contributed by atoms with van der Waals surface area (Å²) in [7, 11) is -4.18. The molecular weight excluding hydrogens is 481 g/mol. The van der Waals surface area contributed by atoms with Gasteiger partial charge in [-0.3, -0.25) is 9.71 Å². The topological polar surface area (TPSA) is 88.0 Å². The Kier molecular flexibility index (Phi) is 5.98. The molecule has 33 heavy (non-hydrogen) atoms. The molecule has 0 radical (unpaired) electrons. The second-order valence-corrected chi connectivity index (χ2v) is 9.26. The van der Waals surface area contributed by atoms with Crippen molar-refractivity contribution in [2.45, 2.75) is 17.7 Å². The molecule has 3 aromatic carbocycles. The number of aliphatic imine (C=N–C) groups is 1. The molecule has 1 aliphatic heterocycles. The van der Waals surface area contributed by atoms with Gasteiger partial charge < -0.3 is 9.84 Å². The first-order valence-corrected chi connectivity index (χ1v) is 11.4. The van der Waals surface area contributed by atoms with Crippen molar-refractivity contribution >= 4 is 33.0 Å². The predicted octanol–water partition coefficient (Wildman–Crippen LogP) is 5.14. The zero-order chi connectivity index (χ0) is 23.8. The normalized spacial score (nSPS) is 13.8. The molecule has 0 fully saturated rings. The summed E-state index contributed by atoms with van der Waals surface area (Å²) in [5, 5.41) is 11.0.